The van der Waals surface area contributed by atoms with E-state index < -0.39 is 23.8 Å². The van der Waals surface area contributed by atoms with Crippen LogP contribution in [-0.2, 0) is 4.79 Å². The molecule has 8 nitrogen and oxygen atoms in total. The first kappa shape index (κ1) is 18.2. The summed E-state index contributed by atoms with van der Waals surface area (Å²) in [5.74, 6) is -2.80. The summed E-state index contributed by atoms with van der Waals surface area (Å²) in [4.78, 5) is 35.4. The highest BCUT2D eigenvalue weighted by Gasteiger charge is 2.27. The molecule has 8 heteroatoms. The molecule has 0 aliphatic carbocycles. The minimum Gasteiger partial charge on any atom is -0.480 e. The zero-order chi connectivity index (χ0) is 18.6. The van der Waals surface area contributed by atoms with Gasteiger partial charge in [-0.1, -0.05) is 38.5 Å². The molecule has 0 unspecified atom stereocenters. The van der Waals surface area contributed by atoms with Crippen LogP contribution in [0, 0.1) is 5.92 Å². The fourth-order valence-corrected chi connectivity index (χ4v) is 2.33. The van der Waals surface area contributed by atoms with Crippen molar-refractivity contribution in [2.24, 2.45) is 11.7 Å². The number of hydrogen-bond donors (Lipinski definition) is 3. The summed E-state index contributed by atoms with van der Waals surface area (Å²) in [5, 5.41) is 15.8. The van der Waals surface area contributed by atoms with Gasteiger partial charge in [-0.15, -0.1) is 0 Å². The van der Waals surface area contributed by atoms with Gasteiger partial charge in [0.25, 0.3) is 11.8 Å². The molecule has 0 saturated heterocycles. The molecule has 0 aliphatic rings. The Labute approximate surface area is 144 Å². The number of benzene rings is 1. The Bertz CT molecular complexity index is 785. The van der Waals surface area contributed by atoms with Gasteiger partial charge in [0.05, 0.1) is 5.69 Å². The van der Waals surface area contributed by atoms with E-state index in [2.05, 4.69) is 10.4 Å². The van der Waals surface area contributed by atoms with Gasteiger partial charge < -0.3 is 16.2 Å². The molecule has 0 bridgehead atoms. The van der Waals surface area contributed by atoms with E-state index in [-0.39, 0.29) is 17.3 Å². The molecular weight excluding hydrogens is 324 g/mol. The average molecular weight is 344 g/mol. The lowest BCUT2D eigenvalue weighted by Crippen LogP contribution is -2.45. The Balaban J connectivity index is 2.35. The van der Waals surface area contributed by atoms with Crippen LogP contribution in [0.1, 0.15) is 41.2 Å². The second kappa shape index (κ2) is 7.61. The molecule has 2 aromatic rings. The summed E-state index contributed by atoms with van der Waals surface area (Å²) < 4.78 is 1.26. The molecule has 0 aliphatic heterocycles. The van der Waals surface area contributed by atoms with Crippen LogP contribution in [-0.4, -0.2) is 38.7 Å². The lowest BCUT2D eigenvalue weighted by atomic mass is 9.99. The third-order valence-corrected chi connectivity index (χ3v) is 3.96. The number of carboxylic acids is 1. The summed E-state index contributed by atoms with van der Waals surface area (Å²) >= 11 is 0. The second-order valence-corrected chi connectivity index (χ2v) is 5.70. The maximum absolute atomic E-state index is 12.4. The van der Waals surface area contributed by atoms with Gasteiger partial charge in [0.2, 0.25) is 0 Å². The predicted octanol–water partition coefficient (Wildman–Crippen LogP) is 1.20. The highest BCUT2D eigenvalue weighted by Crippen LogP contribution is 2.14. The highest BCUT2D eigenvalue weighted by molar-refractivity contribution is 5.99. The van der Waals surface area contributed by atoms with Crippen LogP contribution in [0.5, 0.6) is 0 Å². The molecule has 1 heterocycles. The number of nitrogens with two attached hydrogens (primary N) is 1. The summed E-state index contributed by atoms with van der Waals surface area (Å²) in [6, 6.07) is 8.93. The van der Waals surface area contributed by atoms with E-state index in [1.807, 2.05) is 6.92 Å². The van der Waals surface area contributed by atoms with Gasteiger partial charge >= 0.3 is 5.97 Å². The topological polar surface area (TPSA) is 127 Å². The van der Waals surface area contributed by atoms with Gasteiger partial charge in [-0.2, -0.15) is 5.10 Å². The fourth-order valence-electron chi connectivity index (χ4n) is 2.33. The first-order valence-electron chi connectivity index (χ1n) is 7.84. The van der Waals surface area contributed by atoms with Crippen LogP contribution in [0.3, 0.4) is 0 Å². The van der Waals surface area contributed by atoms with Gasteiger partial charge in [-0.05, 0) is 18.1 Å². The molecular formula is C17H20N4O4. The molecule has 0 spiro atoms. The van der Waals surface area contributed by atoms with Crippen LogP contribution in [0.2, 0.25) is 0 Å². The van der Waals surface area contributed by atoms with Crippen LogP contribution < -0.4 is 11.1 Å². The number of primary amides is 1. The van der Waals surface area contributed by atoms with Gasteiger partial charge in [-0.3, -0.25) is 9.59 Å². The first-order valence-corrected chi connectivity index (χ1v) is 7.84. The zero-order valence-corrected chi connectivity index (χ0v) is 14.0. The molecule has 4 N–H and O–H groups in total. The molecule has 25 heavy (non-hydrogen) atoms. The first-order chi connectivity index (χ1) is 11.8. The second-order valence-electron chi connectivity index (χ2n) is 5.70. The number of para-hydroxylation sites is 1. The third-order valence-electron chi connectivity index (χ3n) is 3.96. The van der Waals surface area contributed by atoms with E-state index >= 15 is 0 Å². The Kier molecular flexibility index (Phi) is 5.53. The van der Waals surface area contributed by atoms with Crippen molar-refractivity contribution in [2.75, 3.05) is 0 Å². The van der Waals surface area contributed by atoms with Crippen molar-refractivity contribution >= 4 is 17.8 Å². The normalized spacial score (nSPS) is 13.0. The molecule has 2 rings (SSSR count). The quantitative estimate of drug-likeness (QED) is 0.695. The highest BCUT2D eigenvalue weighted by atomic mass is 16.4. The van der Waals surface area contributed by atoms with Crippen molar-refractivity contribution in [2.45, 2.75) is 26.3 Å². The summed E-state index contributed by atoms with van der Waals surface area (Å²) in [7, 11) is 0. The fraction of sp³-hybridized carbons (Fsp3) is 0.294. The molecule has 2 atom stereocenters. The SMILES string of the molecule is CC[C@H](C)[C@H](NC(=O)c1cc(C(N)=O)n(-c2ccccc2)n1)C(=O)O. The lowest BCUT2D eigenvalue weighted by Gasteiger charge is -2.19. The summed E-state index contributed by atoms with van der Waals surface area (Å²) in [6.07, 6.45) is 0.586. The van der Waals surface area contributed by atoms with Crippen LogP contribution in [0.25, 0.3) is 5.69 Å². The van der Waals surface area contributed by atoms with E-state index in [4.69, 9.17) is 5.73 Å². The molecule has 0 saturated carbocycles. The van der Waals surface area contributed by atoms with E-state index in [1.54, 1.807) is 37.3 Å². The summed E-state index contributed by atoms with van der Waals surface area (Å²) in [5.41, 5.74) is 5.88. The zero-order valence-electron chi connectivity index (χ0n) is 14.0. The van der Waals surface area contributed by atoms with E-state index in [0.29, 0.717) is 12.1 Å². The van der Waals surface area contributed by atoms with E-state index in [0.717, 1.165) is 0 Å². The smallest absolute Gasteiger partial charge is 0.326 e. The molecule has 0 radical (unpaired) electrons. The van der Waals surface area contributed by atoms with Gasteiger partial charge in [0.1, 0.15) is 11.7 Å². The number of amides is 2. The van der Waals surface area contributed by atoms with Crippen molar-refractivity contribution in [3.63, 3.8) is 0 Å². The number of carboxylic acid groups (broad SMARTS) is 1. The van der Waals surface area contributed by atoms with Crippen molar-refractivity contribution in [1.29, 1.82) is 0 Å². The van der Waals surface area contributed by atoms with E-state index in [9.17, 15) is 19.5 Å². The maximum atomic E-state index is 12.4. The molecule has 2 amide bonds. The van der Waals surface area contributed by atoms with Crippen molar-refractivity contribution in [3.8, 4) is 5.69 Å². The largest absolute Gasteiger partial charge is 0.480 e. The third kappa shape index (κ3) is 4.03. The van der Waals surface area contributed by atoms with Crippen LogP contribution in [0.15, 0.2) is 36.4 Å². The minimum absolute atomic E-state index is 0.0340. The van der Waals surface area contributed by atoms with E-state index in [1.165, 1.54) is 10.7 Å². The van der Waals surface area contributed by atoms with Crippen LogP contribution >= 0.6 is 0 Å². The number of hydrogen-bond acceptors (Lipinski definition) is 4. The number of nitrogens with zero attached hydrogens (tertiary/aromatic N) is 2. The monoisotopic (exact) mass is 344 g/mol. The predicted molar refractivity (Wildman–Crippen MR) is 90.4 cm³/mol. The Hall–Kier alpha value is -3.16. The van der Waals surface area contributed by atoms with Crippen molar-refractivity contribution < 1.29 is 19.5 Å². The van der Waals surface area contributed by atoms with Gasteiger partial charge in [0.15, 0.2) is 5.69 Å². The number of nitrogens with one attached hydrogen (secondary N) is 1. The minimum atomic E-state index is -1.12. The Morgan fingerprint density at radius 1 is 1.28 bits per heavy atom. The molecule has 1 aromatic heterocycles. The van der Waals surface area contributed by atoms with Crippen LogP contribution in [0.4, 0.5) is 0 Å². The molecule has 1 aromatic carbocycles. The summed E-state index contributed by atoms with van der Waals surface area (Å²) in [6.45, 7) is 3.57. The standard InChI is InChI=1S/C17H20N4O4/c1-3-10(2)14(17(24)25)19-16(23)12-9-13(15(18)22)21(20-12)11-7-5-4-6-8-11/h4-10,14H,3H2,1-2H3,(H2,18,22)(H,19,23)(H,24,25)/t10-,14-/m0/s1. The average Bonchev–Trinajstić information content (AvgIpc) is 3.05. The molecule has 0 fully saturated rings. The number of carbonyl (C=O) groups is 3. The maximum Gasteiger partial charge on any atom is 0.326 e. The lowest BCUT2D eigenvalue weighted by molar-refractivity contribution is -0.140. The number of rotatable bonds is 7. The van der Waals surface area contributed by atoms with Crippen molar-refractivity contribution in [1.82, 2.24) is 15.1 Å². The number of aliphatic carboxylic acids is 1. The van der Waals surface area contributed by atoms with Gasteiger partial charge in [0, 0.05) is 6.07 Å². The Morgan fingerprint density at radius 3 is 2.44 bits per heavy atom. The number of aromatic nitrogens is 2. The van der Waals surface area contributed by atoms with Crippen molar-refractivity contribution in [3.05, 3.63) is 47.8 Å². The number of carbonyl (C=O) groups excluding carboxylic acids is 2. The Morgan fingerprint density at radius 2 is 1.92 bits per heavy atom. The van der Waals surface area contributed by atoms with Gasteiger partial charge in [-0.25, -0.2) is 9.48 Å². The molecule has 132 valence electrons.